The van der Waals surface area contributed by atoms with E-state index in [1.807, 2.05) is 54.7 Å². The van der Waals surface area contributed by atoms with Gasteiger partial charge in [0.1, 0.15) is 12.1 Å². The Morgan fingerprint density at radius 3 is 2.72 bits per heavy atom. The molecular formula is C21H14N4. The van der Waals surface area contributed by atoms with Crippen molar-refractivity contribution in [2.24, 2.45) is 0 Å². The molecule has 25 heavy (non-hydrogen) atoms. The number of terminal acetylenes is 1. The van der Waals surface area contributed by atoms with Gasteiger partial charge < -0.3 is 5.32 Å². The number of rotatable bonds is 3. The molecule has 0 aliphatic rings. The van der Waals surface area contributed by atoms with Gasteiger partial charge in [0, 0.05) is 34.6 Å². The molecule has 4 heteroatoms. The number of hydrogen-bond donors (Lipinski definition) is 1. The molecule has 0 unspecified atom stereocenters. The van der Waals surface area contributed by atoms with E-state index in [0.29, 0.717) is 0 Å². The molecule has 0 aliphatic carbocycles. The molecule has 0 atom stereocenters. The van der Waals surface area contributed by atoms with Crippen LogP contribution < -0.4 is 5.32 Å². The summed E-state index contributed by atoms with van der Waals surface area (Å²) in [5.41, 5.74) is 4.70. The van der Waals surface area contributed by atoms with E-state index in [2.05, 4.69) is 32.3 Å². The van der Waals surface area contributed by atoms with Gasteiger partial charge in [-0.25, -0.2) is 9.97 Å². The van der Waals surface area contributed by atoms with Gasteiger partial charge in [-0.3, -0.25) is 4.98 Å². The van der Waals surface area contributed by atoms with Gasteiger partial charge in [-0.1, -0.05) is 24.1 Å². The molecule has 0 aliphatic heterocycles. The van der Waals surface area contributed by atoms with E-state index >= 15 is 0 Å². The third-order valence-electron chi connectivity index (χ3n) is 3.92. The van der Waals surface area contributed by atoms with Gasteiger partial charge in [0.2, 0.25) is 0 Å². The van der Waals surface area contributed by atoms with Crippen LogP contribution in [0, 0.1) is 12.3 Å². The van der Waals surface area contributed by atoms with Crippen LogP contribution in [0.25, 0.3) is 22.0 Å². The number of nitrogens with one attached hydrogen (secondary N) is 1. The lowest BCUT2D eigenvalue weighted by Gasteiger charge is -2.10. The first-order valence-corrected chi connectivity index (χ1v) is 7.82. The van der Waals surface area contributed by atoms with E-state index in [-0.39, 0.29) is 0 Å². The second-order valence-electron chi connectivity index (χ2n) is 5.55. The average Bonchev–Trinajstić information content (AvgIpc) is 2.69. The molecular weight excluding hydrogens is 308 g/mol. The second-order valence-corrected chi connectivity index (χ2v) is 5.55. The van der Waals surface area contributed by atoms with E-state index in [1.165, 1.54) is 0 Å². The first-order chi connectivity index (χ1) is 12.3. The molecule has 4 rings (SSSR count). The summed E-state index contributed by atoms with van der Waals surface area (Å²) in [5.74, 6) is 3.38. The van der Waals surface area contributed by atoms with Crippen molar-refractivity contribution in [2.45, 2.75) is 0 Å². The fraction of sp³-hybridized carbons (Fsp3) is 0. The second kappa shape index (κ2) is 6.42. The molecule has 0 saturated heterocycles. The Morgan fingerprint density at radius 1 is 0.920 bits per heavy atom. The van der Waals surface area contributed by atoms with Gasteiger partial charge in [0.25, 0.3) is 0 Å². The molecule has 0 bridgehead atoms. The summed E-state index contributed by atoms with van der Waals surface area (Å²) in [6, 6.07) is 17.7. The maximum Gasteiger partial charge on any atom is 0.141 e. The van der Waals surface area contributed by atoms with Gasteiger partial charge >= 0.3 is 0 Å². The lowest BCUT2D eigenvalue weighted by atomic mass is 10.1. The van der Waals surface area contributed by atoms with Crippen LogP contribution in [0.5, 0.6) is 0 Å². The molecule has 2 aromatic carbocycles. The van der Waals surface area contributed by atoms with Crippen LogP contribution in [0.4, 0.5) is 11.5 Å². The van der Waals surface area contributed by atoms with Crippen LogP contribution in [-0.2, 0) is 0 Å². The van der Waals surface area contributed by atoms with E-state index in [0.717, 1.165) is 39.1 Å². The Morgan fingerprint density at radius 2 is 1.88 bits per heavy atom. The van der Waals surface area contributed by atoms with E-state index in [4.69, 9.17) is 6.42 Å². The highest BCUT2D eigenvalue weighted by molar-refractivity contribution is 5.93. The topological polar surface area (TPSA) is 50.7 Å². The highest BCUT2D eigenvalue weighted by Gasteiger charge is 2.07. The third-order valence-corrected chi connectivity index (χ3v) is 3.92. The van der Waals surface area contributed by atoms with E-state index in [9.17, 15) is 0 Å². The first-order valence-electron chi connectivity index (χ1n) is 7.82. The van der Waals surface area contributed by atoms with Crippen molar-refractivity contribution in [3.8, 4) is 23.5 Å². The number of aromatic nitrogens is 3. The minimum Gasteiger partial charge on any atom is -0.340 e. The molecule has 0 radical (unpaired) electrons. The molecule has 4 aromatic rings. The molecule has 2 aromatic heterocycles. The van der Waals surface area contributed by atoms with Crippen LogP contribution in [-0.4, -0.2) is 15.0 Å². The SMILES string of the molecule is C#Cc1cccc(Nc2ncnc3ccc(-c4cccnc4)cc23)c1. The summed E-state index contributed by atoms with van der Waals surface area (Å²) in [5, 5.41) is 4.28. The van der Waals surface area contributed by atoms with Crippen LogP contribution >= 0.6 is 0 Å². The number of hydrogen-bond acceptors (Lipinski definition) is 4. The van der Waals surface area contributed by atoms with Crippen molar-refractivity contribution >= 4 is 22.4 Å². The maximum absolute atomic E-state index is 5.48. The minimum atomic E-state index is 0.741. The lowest BCUT2D eigenvalue weighted by Crippen LogP contribution is -1.96. The smallest absolute Gasteiger partial charge is 0.141 e. The number of nitrogens with zero attached hydrogens (tertiary/aromatic N) is 3. The Kier molecular flexibility index (Phi) is 3.82. The molecule has 4 nitrogen and oxygen atoms in total. The highest BCUT2D eigenvalue weighted by atomic mass is 15.0. The predicted octanol–water partition coefficient (Wildman–Crippen LogP) is 4.42. The summed E-state index contributed by atoms with van der Waals surface area (Å²) >= 11 is 0. The van der Waals surface area contributed by atoms with E-state index in [1.54, 1.807) is 12.5 Å². The number of benzene rings is 2. The number of anilines is 2. The van der Waals surface area contributed by atoms with Crippen LogP contribution in [0.2, 0.25) is 0 Å². The summed E-state index contributed by atoms with van der Waals surface area (Å²) in [7, 11) is 0. The van der Waals surface area contributed by atoms with Crippen molar-refractivity contribution in [2.75, 3.05) is 5.32 Å². The molecule has 118 valence electrons. The Bertz CT molecular complexity index is 1080. The Labute approximate surface area is 145 Å². The monoisotopic (exact) mass is 322 g/mol. The van der Waals surface area contributed by atoms with Gasteiger partial charge in [0.15, 0.2) is 0 Å². The largest absolute Gasteiger partial charge is 0.340 e. The normalized spacial score (nSPS) is 10.4. The Hall–Kier alpha value is -3.71. The quantitative estimate of drug-likeness (QED) is 0.567. The van der Waals surface area contributed by atoms with Crippen molar-refractivity contribution in [1.29, 1.82) is 0 Å². The lowest BCUT2D eigenvalue weighted by molar-refractivity contribution is 1.22. The maximum atomic E-state index is 5.48. The zero-order chi connectivity index (χ0) is 17.1. The summed E-state index contributed by atoms with van der Waals surface area (Å²) in [4.78, 5) is 12.9. The number of pyridine rings is 1. The average molecular weight is 322 g/mol. The summed E-state index contributed by atoms with van der Waals surface area (Å²) in [6.07, 6.45) is 10.6. The first kappa shape index (κ1) is 14.9. The number of fused-ring (bicyclic) bond motifs is 1. The highest BCUT2D eigenvalue weighted by Crippen LogP contribution is 2.28. The van der Waals surface area contributed by atoms with Crippen LogP contribution in [0.3, 0.4) is 0 Å². The minimum absolute atomic E-state index is 0.741. The Balaban J connectivity index is 1.79. The predicted molar refractivity (Wildman–Crippen MR) is 100 cm³/mol. The third kappa shape index (κ3) is 3.04. The van der Waals surface area contributed by atoms with Gasteiger partial charge in [-0.05, 0) is 42.0 Å². The fourth-order valence-corrected chi connectivity index (χ4v) is 2.69. The van der Waals surface area contributed by atoms with E-state index < -0.39 is 0 Å². The molecule has 0 fully saturated rings. The molecule has 2 heterocycles. The zero-order valence-corrected chi connectivity index (χ0v) is 13.3. The van der Waals surface area contributed by atoms with Gasteiger partial charge in [-0.15, -0.1) is 6.42 Å². The van der Waals surface area contributed by atoms with Gasteiger partial charge in [0.05, 0.1) is 5.52 Å². The molecule has 0 spiro atoms. The van der Waals surface area contributed by atoms with Gasteiger partial charge in [-0.2, -0.15) is 0 Å². The summed E-state index contributed by atoms with van der Waals surface area (Å²) in [6.45, 7) is 0. The van der Waals surface area contributed by atoms with Crippen molar-refractivity contribution in [3.05, 3.63) is 78.9 Å². The summed E-state index contributed by atoms with van der Waals surface area (Å²) < 4.78 is 0. The van der Waals surface area contributed by atoms with Crippen molar-refractivity contribution < 1.29 is 0 Å². The standard InChI is InChI=1S/C21H14N4/c1-2-15-5-3-7-18(11-15)25-21-19-12-16(17-6-4-10-22-13-17)8-9-20(19)23-14-24-21/h1,3-14H,(H,23,24,25). The van der Waals surface area contributed by atoms with Crippen LogP contribution in [0.1, 0.15) is 5.56 Å². The molecule has 1 N–H and O–H groups in total. The molecule has 0 saturated carbocycles. The van der Waals surface area contributed by atoms with Crippen molar-refractivity contribution in [1.82, 2.24) is 15.0 Å². The van der Waals surface area contributed by atoms with Crippen molar-refractivity contribution in [3.63, 3.8) is 0 Å². The van der Waals surface area contributed by atoms with Crippen LogP contribution in [0.15, 0.2) is 73.3 Å². The molecule has 0 amide bonds. The zero-order valence-electron chi connectivity index (χ0n) is 13.3. The fourth-order valence-electron chi connectivity index (χ4n) is 2.69.